The van der Waals surface area contributed by atoms with Gasteiger partial charge in [0.1, 0.15) is 5.75 Å². The van der Waals surface area contributed by atoms with Crippen LogP contribution in [0.25, 0.3) is 0 Å². The highest BCUT2D eigenvalue weighted by Gasteiger charge is 2.39. The van der Waals surface area contributed by atoms with Gasteiger partial charge in [-0.2, -0.15) is 0 Å². The number of unbranched alkanes of at least 4 members (excludes halogenated alkanes) is 3. The second-order valence-corrected chi connectivity index (χ2v) is 9.36. The van der Waals surface area contributed by atoms with Crippen LogP contribution in [0.3, 0.4) is 0 Å². The van der Waals surface area contributed by atoms with Gasteiger partial charge in [0.25, 0.3) is 0 Å². The Hall–Kier alpha value is -0.980. The Bertz CT molecular complexity index is 551. The number of hydrogen-bond donors (Lipinski definition) is 1. The lowest BCUT2D eigenvalue weighted by Crippen LogP contribution is -1.98. The van der Waals surface area contributed by atoms with Crippen LogP contribution in [0.4, 0.5) is 0 Å². The topological polar surface area (TPSA) is 20.2 Å². The molecule has 0 aromatic heterocycles. The maximum absolute atomic E-state index is 10.6. The van der Waals surface area contributed by atoms with Crippen LogP contribution in [0, 0.1) is 10.8 Å². The van der Waals surface area contributed by atoms with Crippen molar-refractivity contribution >= 4 is 0 Å². The Kier molecular flexibility index (Phi) is 6.12. The SMILES string of the molecule is CCC1(CCCCCc2cccc(CCCCC3(C)CC3)c2O)CC1. The summed E-state index contributed by atoms with van der Waals surface area (Å²) in [4.78, 5) is 0. The molecule has 1 aromatic carbocycles. The lowest BCUT2D eigenvalue weighted by atomic mass is 9.94. The van der Waals surface area contributed by atoms with E-state index >= 15 is 0 Å². The van der Waals surface area contributed by atoms with E-state index < -0.39 is 0 Å². The minimum Gasteiger partial charge on any atom is -0.507 e. The molecule has 0 unspecified atom stereocenters. The molecular weight excluding hydrogens is 304 g/mol. The summed E-state index contributed by atoms with van der Waals surface area (Å²) in [5.41, 5.74) is 3.74. The van der Waals surface area contributed by atoms with E-state index in [4.69, 9.17) is 0 Å². The lowest BCUT2D eigenvalue weighted by molar-refractivity contribution is 0.420. The number of rotatable bonds is 12. The maximum Gasteiger partial charge on any atom is 0.121 e. The van der Waals surface area contributed by atoms with Gasteiger partial charge >= 0.3 is 0 Å². The molecule has 25 heavy (non-hydrogen) atoms. The Morgan fingerprint density at radius 2 is 1.44 bits per heavy atom. The van der Waals surface area contributed by atoms with Gasteiger partial charge in [0.15, 0.2) is 0 Å². The van der Waals surface area contributed by atoms with Gasteiger partial charge < -0.3 is 5.11 Å². The predicted octanol–water partition coefficient (Wildman–Crippen LogP) is 7.20. The van der Waals surface area contributed by atoms with Crippen molar-refractivity contribution in [1.29, 1.82) is 0 Å². The van der Waals surface area contributed by atoms with Crippen LogP contribution in [0.1, 0.15) is 102 Å². The Balaban J connectivity index is 1.36. The molecule has 2 aliphatic carbocycles. The van der Waals surface area contributed by atoms with E-state index in [1.54, 1.807) is 0 Å². The van der Waals surface area contributed by atoms with Gasteiger partial charge in [0.2, 0.25) is 0 Å². The van der Waals surface area contributed by atoms with Crippen LogP contribution in [-0.4, -0.2) is 5.11 Å². The molecule has 0 aliphatic heterocycles. The molecule has 0 heterocycles. The van der Waals surface area contributed by atoms with E-state index in [2.05, 4.69) is 32.0 Å². The van der Waals surface area contributed by atoms with E-state index in [9.17, 15) is 5.11 Å². The smallest absolute Gasteiger partial charge is 0.121 e. The Labute approximate surface area is 155 Å². The third-order valence-corrected chi connectivity index (χ3v) is 7.14. The van der Waals surface area contributed by atoms with Crippen LogP contribution < -0.4 is 0 Å². The summed E-state index contributed by atoms with van der Waals surface area (Å²) in [6, 6.07) is 6.39. The minimum absolute atomic E-state index is 0.590. The molecule has 3 rings (SSSR count). The van der Waals surface area contributed by atoms with Gasteiger partial charge in [0.05, 0.1) is 0 Å². The summed E-state index contributed by atoms with van der Waals surface area (Å²) in [7, 11) is 0. The van der Waals surface area contributed by atoms with Crippen LogP contribution in [0.15, 0.2) is 18.2 Å². The molecule has 1 N–H and O–H groups in total. The zero-order valence-electron chi connectivity index (χ0n) is 16.6. The molecule has 0 spiro atoms. The van der Waals surface area contributed by atoms with Gasteiger partial charge in [-0.15, -0.1) is 0 Å². The summed E-state index contributed by atoms with van der Waals surface area (Å²) < 4.78 is 0. The van der Waals surface area contributed by atoms with Crippen molar-refractivity contribution < 1.29 is 5.11 Å². The normalized spacial score (nSPS) is 19.8. The fourth-order valence-electron chi connectivity index (χ4n) is 4.33. The molecule has 2 saturated carbocycles. The molecule has 0 radical (unpaired) electrons. The second kappa shape index (κ2) is 8.14. The Morgan fingerprint density at radius 3 is 2.00 bits per heavy atom. The first-order valence-corrected chi connectivity index (χ1v) is 10.9. The average molecular weight is 343 g/mol. The van der Waals surface area contributed by atoms with Gasteiger partial charge in [-0.25, -0.2) is 0 Å². The summed E-state index contributed by atoms with van der Waals surface area (Å²) >= 11 is 0. The number of hydrogen-bond acceptors (Lipinski definition) is 1. The van der Waals surface area contributed by atoms with Crippen molar-refractivity contribution in [2.45, 2.75) is 104 Å². The van der Waals surface area contributed by atoms with Crippen molar-refractivity contribution in [3.8, 4) is 5.75 Å². The summed E-state index contributed by atoms with van der Waals surface area (Å²) in [5.74, 6) is 0.590. The third-order valence-electron chi connectivity index (χ3n) is 7.14. The van der Waals surface area contributed by atoms with Crippen molar-refractivity contribution in [3.05, 3.63) is 29.3 Å². The molecule has 0 atom stereocenters. The van der Waals surface area contributed by atoms with Crippen molar-refractivity contribution in [2.24, 2.45) is 10.8 Å². The van der Waals surface area contributed by atoms with E-state index in [1.807, 2.05) is 0 Å². The standard InChI is InChI=1S/C24H38O/c1-3-24(18-19-24)15-7-4-5-10-20-12-9-13-21(22(20)25)11-6-8-14-23(2)16-17-23/h9,12-13,25H,3-8,10-11,14-19H2,1-2H3. The zero-order valence-corrected chi connectivity index (χ0v) is 16.6. The van der Waals surface area contributed by atoms with Crippen LogP contribution >= 0.6 is 0 Å². The Morgan fingerprint density at radius 1 is 0.840 bits per heavy atom. The largest absolute Gasteiger partial charge is 0.507 e. The zero-order chi connectivity index (χ0) is 17.8. The first kappa shape index (κ1) is 18.8. The minimum atomic E-state index is 0.590. The van der Waals surface area contributed by atoms with E-state index in [0.29, 0.717) is 11.2 Å². The number of para-hydroxylation sites is 1. The predicted molar refractivity (Wildman–Crippen MR) is 107 cm³/mol. The number of benzene rings is 1. The van der Waals surface area contributed by atoms with Crippen molar-refractivity contribution in [2.75, 3.05) is 0 Å². The highest BCUT2D eigenvalue weighted by molar-refractivity contribution is 5.40. The number of aryl methyl sites for hydroxylation is 2. The van der Waals surface area contributed by atoms with Crippen molar-refractivity contribution in [3.63, 3.8) is 0 Å². The van der Waals surface area contributed by atoms with Crippen LogP contribution in [0.5, 0.6) is 5.75 Å². The molecule has 1 nitrogen and oxygen atoms in total. The third kappa shape index (κ3) is 5.50. The highest BCUT2D eigenvalue weighted by atomic mass is 16.3. The fourth-order valence-corrected chi connectivity index (χ4v) is 4.33. The van der Waals surface area contributed by atoms with Crippen molar-refractivity contribution in [1.82, 2.24) is 0 Å². The molecule has 0 amide bonds. The average Bonchev–Trinajstić information content (AvgIpc) is 3.53. The van der Waals surface area contributed by atoms with Gasteiger partial charge in [-0.1, -0.05) is 57.7 Å². The van der Waals surface area contributed by atoms with E-state index in [1.165, 1.54) is 88.2 Å². The molecule has 1 aromatic rings. The van der Waals surface area contributed by atoms with Gasteiger partial charge in [-0.3, -0.25) is 0 Å². The van der Waals surface area contributed by atoms with Gasteiger partial charge in [-0.05, 0) is 86.2 Å². The molecule has 2 fully saturated rings. The molecule has 140 valence electrons. The quantitative estimate of drug-likeness (QED) is 0.398. The monoisotopic (exact) mass is 342 g/mol. The summed E-state index contributed by atoms with van der Waals surface area (Å²) in [6.07, 6.45) is 18.4. The number of phenolic OH excluding ortho intramolecular Hbond substituents is 1. The lowest BCUT2D eigenvalue weighted by Gasteiger charge is -2.13. The maximum atomic E-state index is 10.6. The second-order valence-electron chi connectivity index (χ2n) is 9.36. The molecule has 2 aliphatic rings. The van der Waals surface area contributed by atoms with Gasteiger partial charge in [0, 0.05) is 0 Å². The first-order chi connectivity index (χ1) is 12.1. The van der Waals surface area contributed by atoms with Crippen LogP contribution in [0.2, 0.25) is 0 Å². The summed E-state index contributed by atoms with van der Waals surface area (Å²) in [5, 5.41) is 10.6. The molecule has 1 heteroatoms. The molecule has 0 bridgehead atoms. The summed E-state index contributed by atoms with van der Waals surface area (Å²) in [6.45, 7) is 4.76. The van der Waals surface area contributed by atoms with E-state index in [-0.39, 0.29) is 0 Å². The first-order valence-electron chi connectivity index (χ1n) is 10.9. The molecule has 0 saturated heterocycles. The highest BCUT2D eigenvalue weighted by Crippen LogP contribution is 2.52. The van der Waals surface area contributed by atoms with Crippen LogP contribution in [-0.2, 0) is 12.8 Å². The molecular formula is C24H38O. The number of aromatic hydroxyl groups is 1. The number of phenols is 1. The van der Waals surface area contributed by atoms with E-state index in [0.717, 1.165) is 18.3 Å². The fraction of sp³-hybridized carbons (Fsp3) is 0.750.